The number of fused-ring (bicyclic) bond motifs is 1. The number of aryl methyl sites for hydroxylation is 1. The Balaban J connectivity index is 2.32. The van der Waals surface area contributed by atoms with Gasteiger partial charge in [0.1, 0.15) is 0 Å². The fourth-order valence-electron chi connectivity index (χ4n) is 2.14. The zero-order valence-corrected chi connectivity index (χ0v) is 8.59. The van der Waals surface area contributed by atoms with Gasteiger partial charge >= 0.3 is 0 Å². The highest BCUT2D eigenvalue weighted by molar-refractivity contribution is 5.35. The quantitative estimate of drug-likeness (QED) is 0.743. The molecule has 2 N–H and O–H groups in total. The second kappa shape index (κ2) is 4.11. The number of aliphatic hydroxyl groups is 1. The molecule has 0 aliphatic carbocycles. The molecular weight excluding hydrogens is 174 g/mol. The summed E-state index contributed by atoms with van der Waals surface area (Å²) in [6, 6.07) is 6.97. The standard InChI is InChI=1S/C12H17NO/c1-9-2-3-10-4-6-13-12(5-7-14)11(10)8-9/h2-3,8,12-14H,4-7H2,1H3. The second-order valence-corrected chi connectivity index (χ2v) is 3.97. The molecule has 0 saturated heterocycles. The average Bonchev–Trinajstić information content (AvgIpc) is 2.19. The van der Waals surface area contributed by atoms with Crippen molar-refractivity contribution in [3.8, 4) is 0 Å². The molecule has 1 unspecified atom stereocenters. The van der Waals surface area contributed by atoms with E-state index in [9.17, 15) is 0 Å². The first-order valence-corrected chi connectivity index (χ1v) is 5.25. The van der Waals surface area contributed by atoms with Gasteiger partial charge in [0.2, 0.25) is 0 Å². The molecule has 0 spiro atoms. The highest BCUT2D eigenvalue weighted by Gasteiger charge is 2.18. The number of hydrogen-bond donors (Lipinski definition) is 2. The molecule has 0 aromatic heterocycles. The van der Waals surface area contributed by atoms with Crippen LogP contribution in [0.25, 0.3) is 0 Å². The van der Waals surface area contributed by atoms with Crippen LogP contribution in [0.3, 0.4) is 0 Å². The van der Waals surface area contributed by atoms with Gasteiger partial charge in [0, 0.05) is 12.6 Å². The van der Waals surface area contributed by atoms with Gasteiger partial charge in [-0.15, -0.1) is 0 Å². The van der Waals surface area contributed by atoms with Gasteiger partial charge in [0.05, 0.1) is 0 Å². The minimum absolute atomic E-state index is 0.255. The fourth-order valence-corrected chi connectivity index (χ4v) is 2.14. The average molecular weight is 191 g/mol. The van der Waals surface area contributed by atoms with Crippen LogP contribution in [-0.2, 0) is 6.42 Å². The lowest BCUT2D eigenvalue weighted by atomic mass is 9.91. The van der Waals surface area contributed by atoms with Crippen molar-refractivity contribution in [2.24, 2.45) is 0 Å². The van der Waals surface area contributed by atoms with Crippen molar-refractivity contribution in [1.29, 1.82) is 0 Å². The normalized spacial score (nSPS) is 20.6. The Kier molecular flexibility index (Phi) is 2.85. The summed E-state index contributed by atoms with van der Waals surface area (Å²) < 4.78 is 0. The molecule has 2 rings (SSSR count). The Morgan fingerprint density at radius 3 is 3.14 bits per heavy atom. The lowest BCUT2D eigenvalue weighted by molar-refractivity contribution is 0.263. The van der Waals surface area contributed by atoms with Crippen molar-refractivity contribution in [3.05, 3.63) is 34.9 Å². The zero-order chi connectivity index (χ0) is 9.97. The molecule has 1 atom stereocenters. The molecule has 2 heteroatoms. The minimum atomic E-state index is 0.255. The number of aliphatic hydroxyl groups excluding tert-OH is 1. The topological polar surface area (TPSA) is 32.3 Å². The van der Waals surface area contributed by atoms with Crippen LogP contribution in [-0.4, -0.2) is 18.3 Å². The predicted octanol–water partition coefficient (Wildman–Crippen LogP) is 1.56. The molecule has 1 heterocycles. The summed E-state index contributed by atoms with van der Waals surface area (Å²) >= 11 is 0. The Bertz CT molecular complexity index is 322. The third kappa shape index (κ3) is 1.81. The van der Waals surface area contributed by atoms with Crippen molar-refractivity contribution >= 4 is 0 Å². The molecule has 0 radical (unpaired) electrons. The SMILES string of the molecule is Cc1ccc2c(c1)C(CCO)NCC2. The smallest absolute Gasteiger partial charge is 0.0449 e. The van der Waals surface area contributed by atoms with Gasteiger partial charge in [-0.05, 0) is 37.4 Å². The molecule has 0 fully saturated rings. The fraction of sp³-hybridized carbons (Fsp3) is 0.500. The molecule has 1 aromatic rings. The van der Waals surface area contributed by atoms with Crippen molar-refractivity contribution in [2.75, 3.05) is 13.2 Å². The molecule has 0 bridgehead atoms. The Hall–Kier alpha value is -0.860. The zero-order valence-electron chi connectivity index (χ0n) is 8.59. The second-order valence-electron chi connectivity index (χ2n) is 3.97. The first-order valence-electron chi connectivity index (χ1n) is 5.25. The maximum absolute atomic E-state index is 8.97. The van der Waals surface area contributed by atoms with E-state index in [1.165, 1.54) is 16.7 Å². The van der Waals surface area contributed by atoms with Crippen LogP contribution in [0.4, 0.5) is 0 Å². The van der Waals surface area contributed by atoms with E-state index in [0.717, 1.165) is 19.4 Å². The molecule has 2 nitrogen and oxygen atoms in total. The molecule has 1 aliphatic heterocycles. The van der Waals surface area contributed by atoms with Crippen LogP contribution in [0, 0.1) is 6.92 Å². The van der Waals surface area contributed by atoms with Crippen molar-refractivity contribution in [1.82, 2.24) is 5.32 Å². The summed E-state index contributed by atoms with van der Waals surface area (Å²) in [6.07, 6.45) is 1.92. The van der Waals surface area contributed by atoms with E-state index in [4.69, 9.17) is 5.11 Å². The first kappa shape index (κ1) is 9.69. The Morgan fingerprint density at radius 1 is 1.50 bits per heavy atom. The summed E-state index contributed by atoms with van der Waals surface area (Å²) in [4.78, 5) is 0. The van der Waals surface area contributed by atoms with E-state index < -0.39 is 0 Å². The van der Waals surface area contributed by atoms with Crippen LogP contribution in [0.5, 0.6) is 0 Å². The van der Waals surface area contributed by atoms with E-state index >= 15 is 0 Å². The van der Waals surface area contributed by atoms with Crippen molar-refractivity contribution in [3.63, 3.8) is 0 Å². The predicted molar refractivity (Wildman–Crippen MR) is 57.3 cm³/mol. The monoisotopic (exact) mass is 191 g/mol. The van der Waals surface area contributed by atoms with E-state index in [1.807, 2.05) is 0 Å². The van der Waals surface area contributed by atoms with Gasteiger partial charge in [0.15, 0.2) is 0 Å². The molecule has 1 aliphatic rings. The van der Waals surface area contributed by atoms with E-state index in [-0.39, 0.29) is 6.61 Å². The highest BCUT2D eigenvalue weighted by Crippen LogP contribution is 2.25. The largest absolute Gasteiger partial charge is 0.396 e. The van der Waals surface area contributed by atoms with E-state index in [1.54, 1.807) is 0 Å². The lowest BCUT2D eigenvalue weighted by Gasteiger charge is -2.26. The Morgan fingerprint density at radius 2 is 2.36 bits per heavy atom. The van der Waals surface area contributed by atoms with Gasteiger partial charge in [-0.3, -0.25) is 0 Å². The summed E-state index contributed by atoms with van der Waals surface area (Å²) in [7, 11) is 0. The molecule has 0 amide bonds. The molecule has 76 valence electrons. The van der Waals surface area contributed by atoms with Gasteiger partial charge in [-0.2, -0.15) is 0 Å². The van der Waals surface area contributed by atoms with Crippen LogP contribution in [0.1, 0.15) is 29.2 Å². The van der Waals surface area contributed by atoms with Gasteiger partial charge in [-0.25, -0.2) is 0 Å². The number of rotatable bonds is 2. The van der Waals surface area contributed by atoms with Crippen LogP contribution >= 0.6 is 0 Å². The lowest BCUT2D eigenvalue weighted by Crippen LogP contribution is -2.30. The molecular formula is C12H17NO. The third-order valence-electron chi connectivity index (χ3n) is 2.88. The summed E-state index contributed by atoms with van der Waals surface area (Å²) in [5.41, 5.74) is 4.12. The first-order chi connectivity index (χ1) is 6.81. The maximum atomic E-state index is 8.97. The maximum Gasteiger partial charge on any atom is 0.0449 e. The van der Waals surface area contributed by atoms with Crippen LogP contribution < -0.4 is 5.32 Å². The molecule has 0 saturated carbocycles. The van der Waals surface area contributed by atoms with Crippen LogP contribution in [0.15, 0.2) is 18.2 Å². The molecule has 1 aromatic carbocycles. The highest BCUT2D eigenvalue weighted by atomic mass is 16.3. The number of hydrogen-bond acceptors (Lipinski definition) is 2. The van der Waals surface area contributed by atoms with Gasteiger partial charge in [0.25, 0.3) is 0 Å². The summed E-state index contributed by atoms with van der Waals surface area (Å²) in [5, 5.41) is 12.4. The van der Waals surface area contributed by atoms with E-state index in [0.29, 0.717) is 6.04 Å². The molecule has 14 heavy (non-hydrogen) atoms. The third-order valence-corrected chi connectivity index (χ3v) is 2.88. The number of nitrogens with one attached hydrogen (secondary N) is 1. The summed E-state index contributed by atoms with van der Waals surface area (Å²) in [6.45, 7) is 3.40. The van der Waals surface area contributed by atoms with Crippen molar-refractivity contribution < 1.29 is 5.11 Å². The van der Waals surface area contributed by atoms with E-state index in [2.05, 4.69) is 30.4 Å². The summed E-state index contributed by atoms with van der Waals surface area (Å²) in [5.74, 6) is 0. The van der Waals surface area contributed by atoms with Crippen LogP contribution in [0.2, 0.25) is 0 Å². The van der Waals surface area contributed by atoms with Crippen molar-refractivity contribution in [2.45, 2.75) is 25.8 Å². The minimum Gasteiger partial charge on any atom is -0.396 e. The van der Waals surface area contributed by atoms with Gasteiger partial charge < -0.3 is 10.4 Å². The Labute approximate surface area is 85.0 Å². The van der Waals surface area contributed by atoms with Gasteiger partial charge in [-0.1, -0.05) is 23.8 Å². The number of benzene rings is 1.